The van der Waals surface area contributed by atoms with Gasteiger partial charge in [-0.2, -0.15) is 4.98 Å². The lowest BCUT2D eigenvalue weighted by Gasteiger charge is -1.98. The number of benzene rings is 1. The van der Waals surface area contributed by atoms with E-state index in [0.717, 1.165) is 11.1 Å². The first-order valence-corrected chi connectivity index (χ1v) is 8.03. The highest BCUT2D eigenvalue weighted by atomic mass is 32.2. The maximum atomic E-state index is 11.7. The number of aryl methyl sites for hydroxylation is 1. The molecule has 0 fully saturated rings. The third-order valence-electron chi connectivity index (χ3n) is 2.70. The van der Waals surface area contributed by atoms with Gasteiger partial charge in [0, 0.05) is 12.2 Å². The van der Waals surface area contributed by atoms with Crippen molar-refractivity contribution in [3.63, 3.8) is 0 Å². The number of aromatic nitrogens is 2. The monoisotopic (exact) mass is 296 g/mol. The van der Waals surface area contributed by atoms with Crippen LogP contribution in [0.3, 0.4) is 0 Å². The van der Waals surface area contributed by atoms with Gasteiger partial charge in [0.25, 0.3) is 0 Å². The predicted molar refractivity (Wildman–Crippen MR) is 73.7 cm³/mol. The molecule has 0 aliphatic heterocycles. The molecule has 0 radical (unpaired) electrons. The minimum absolute atomic E-state index is 0.0689. The molecule has 0 saturated heterocycles. The molecule has 0 aliphatic carbocycles. The lowest BCUT2D eigenvalue weighted by Crippen LogP contribution is -2.10. The first-order valence-electron chi connectivity index (χ1n) is 6.21. The number of hydrogen-bond donors (Lipinski definition) is 1. The Morgan fingerprint density at radius 1 is 1.35 bits per heavy atom. The van der Waals surface area contributed by atoms with E-state index < -0.39 is 9.84 Å². The first-order chi connectivity index (χ1) is 9.50. The van der Waals surface area contributed by atoms with Crippen LogP contribution in [0, 0.1) is 6.92 Å². The molecule has 1 aromatic heterocycles. The van der Waals surface area contributed by atoms with Gasteiger partial charge in [0.15, 0.2) is 9.84 Å². The summed E-state index contributed by atoms with van der Waals surface area (Å²) in [6.45, 7) is 1.79. The quantitative estimate of drug-likeness (QED) is 0.864. The maximum Gasteiger partial charge on any atom is 0.242 e. The molecule has 1 aromatic carbocycles. The lowest BCUT2D eigenvalue weighted by atomic mass is 10.1. The van der Waals surface area contributed by atoms with Gasteiger partial charge in [-0.1, -0.05) is 28.9 Å². The van der Waals surface area contributed by atoms with Crippen molar-refractivity contribution < 1.29 is 18.0 Å². The second-order valence-corrected chi connectivity index (χ2v) is 6.73. The number of hydrogen-bond acceptors (Lipinski definition) is 6. The Hall–Kier alpha value is -1.73. The van der Waals surface area contributed by atoms with E-state index in [1.807, 2.05) is 31.2 Å². The van der Waals surface area contributed by atoms with Crippen molar-refractivity contribution in [3.05, 3.63) is 35.7 Å². The molecule has 1 N–H and O–H groups in total. The molecule has 0 saturated carbocycles. The van der Waals surface area contributed by atoms with Crippen molar-refractivity contribution >= 4 is 9.84 Å². The summed E-state index contributed by atoms with van der Waals surface area (Å²) in [5.74, 6) is 0.0535. The minimum atomic E-state index is -3.33. The topological polar surface area (TPSA) is 93.3 Å². The van der Waals surface area contributed by atoms with Gasteiger partial charge in [0.2, 0.25) is 11.7 Å². The first kappa shape index (κ1) is 14.7. The van der Waals surface area contributed by atoms with Crippen molar-refractivity contribution in [2.24, 2.45) is 0 Å². The van der Waals surface area contributed by atoms with Crippen molar-refractivity contribution in [1.29, 1.82) is 0 Å². The average molecular weight is 296 g/mol. The van der Waals surface area contributed by atoms with Gasteiger partial charge in [0.1, 0.15) is 5.75 Å². The Kier molecular flexibility index (Phi) is 4.51. The van der Waals surface area contributed by atoms with Crippen LogP contribution < -0.4 is 0 Å². The molecule has 0 aliphatic rings. The summed E-state index contributed by atoms with van der Waals surface area (Å²) in [5, 5.41) is 12.5. The molecular weight excluding hydrogens is 280 g/mol. The molecule has 0 spiro atoms. The molecule has 0 amide bonds. The average Bonchev–Trinajstić information content (AvgIpc) is 2.84. The molecule has 0 atom stereocenters. The summed E-state index contributed by atoms with van der Waals surface area (Å²) >= 11 is 0. The lowest BCUT2D eigenvalue weighted by molar-refractivity contribution is 0.295. The molecule has 20 heavy (non-hydrogen) atoms. The third kappa shape index (κ3) is 3.88. The van der Waals surface area contributed by atoms with E-state index in [1.165, 1.54) is 0 Å². The van der Waals surface area contributed by atoms with Crippen LogP contribution in [-0.2, 0) is 15.6 Å². The van der Waals surface area contributed by atoms with Gasteiger partial charge in [-0.25, -0.2) is 8.42 Å². The zero-order valence-electron chi connectivity index (χ0n) is 11.1. The number of aliphatic hydroxyl groups is 1. The van der Waals surface area contributed by atoms with Crippen LogP contribution in [0.1, 0.15) is 17.9 Å². The Balaban J connectivity index is 2.13. The molecule has 6 nitrogen and oxygen atoms in total. The smallest absolute Gasteiger partial charge is 0.242 e. The summed E-state index contributed by atoms with van der Waals surface area (Å²) < 4.78 is 28.4. The van der Waals surface area contributed by atoms with Crippen LogP contribution in [0.25, 0.3) is 11.4 Å². The molecule has 1 heterocycles. The highest BCUT2D eigenvalue weighted by Crippen LogP contribution is 2.17. The highest BCUT2D eigenvalue weighted by Gasteiger charge is 2.17. The highest BCUT2D eigenvalue weighted by molar-refractivity contribution is 7.90. The summed E-state index contributed by atoms with van der Waals surface area (Å²) in [4.78, 5) is 4.10. The van der Waals surface area contributed by atoms with Gasteiger partial charge in [-0.3, -0.25) is 0 Å². The van der Waals surface area contributed by atoms with Crippen LogP contribution in [0.5, 0.6) is 0 Å². The molecule has 0 bridgehead atoms. The van der Waals surface area contributed by atoms with Crippen molar-refractivity contribution in [2.45, 2.75) is 19.1 Å². The molecule has 7 heteroatoms. The molecule has 2 aromatic rings. The molecular formula is C13H16N2O4S. The third-order valence-corrected chi connectivity index (χ3v) is 4.30. The maximum absolute atomic E-state index is 11.7. The van der Waals surface area contributed by atoms with E-state index in [0.29, 0.717) is 5.82 Å². The predicted octanol–water partition coefficient (Wildman–Crippen LogP) is 1.34. The Morgan fingerprint density at radius 2 is 2.15 bits per heavy atom. The number of nitrogens with zero attached hydrogens (tertiary/aromatic N) is 2. The SMILES string of the molecule is Cc1cccc(-c2noc(CS(=O)(=O)CCCO)n2)c1. The summed E-state index contributed by atoms with van der Waals surface area (Å²) in [6, 6.07) is 7.55. The molecule has 108 valence electrons. The molecule has 2 rings (SSSR count). The van der Waals surface area contributed by atoms with E-state index in [2.05, 4.69) is 10.1 Å². The van der Waals surface area contributed by atoms with Gasteiger partial charge >= 0.3 is 0 Å². The van der Waals surface area contributed by atoms with Crippen molar-refractivity contribution in [1.82, 2.24) is 10.1 Å². The van der Waals surface area contributed by atoms with Crippen molar-refractivity contribution in [3.8, 4) is 11.4 Å². The van der Waals surface area contributed by atoms with Gasteiger partial charge < -0.3 is 9.63 Å². The van der Waals surface area contributed by atoms with E-state index in [4.69, 9.17) is 9.63 Å². The van der Waals surface area contributed by atoms with Crippen LogP contribution in [0.15, 0.2) is 28.8 Å². The molecule has 0 unspecified atom stereocenters. The standard InChI is InChI=1S/C13H16N2O4S/c1-10-4-2-5-11(8-10)13-14-12(19-15-13)9-20(17,18)7-3-6-16/h2,4-5,8,16H,3,6-7,9H2,1H3. The number of rotatable bonds is 6. The fraction of sp³-hybridized carbons (Fsp3) is 0.385. The summed E-state index contributed by atoms with van der Waals surface area (Å²) in [5.41, 5.74) is 1.84. The minimum Gasteiger partial charge on any atom is -0.396 e. The van der Waals surface area contributed by atoms with Gasteiger partial charge in [0.05, 0.1) is 5.75 Å². The van der Waals surface area contributed by atoms with Crippen LogP contribution in [-0.4, -0.2) is 36.0 Å². The fourth-order valence-electron chi connectivity index (χ4n) is 1.76. The van der Waals surface area contributed by atoms with Crippen LogP contribution >= 0.6 is 0 Å². The zero-order valence-corrected chi connectivity index (χ0v) is 11.9. The number of sulfone groups is 1. The zero-order chi connectivity index (χ0) is 14.6. The Labute approximate surface area is 117 Å². The Bertz CT molecular complexity index is 679. The summed E-state index contributed by atoms with van der Waals surface area (Å²) in [7, 11) is -3.33. The van der Waals surface area contributed by atoms with Gasteiger partial charge in [-0.15, -0.1) is 0 Å². The van der Waals surface area contributed by atoms with Crippen molar-refractivity contribution in [2.75, 3.05) is 12.4 Å². The normalized spacial score (nSPS) is 11.7. The fourth-order valence-corrected chi connectivity index (χ4v) is 2.97. The van der Waals surface area contributed by atoms with E-state index in [9.17, 15) is 8.42 Å². The largest absolute Gasteiger partial charge is 0.396 e. The van der Waals surface area contributed by atoms with E-state index >= 15 is 0 Å². The van der Waals surface area contributed by atoms with Crippen LogP contribution in [0.2, 0.25) is 0 Å². The van der Waals surface area contributed by atoms with Crippen LogP contribution in [0.4, 0.5) is 0 Å². The second-order valence-electron chi connectivity index (χ2n) is 4.55. The van der Waals surface area contributed by atoms with Gasteiger partial charge in [-0.05, 0) is 19.4 Å². The number of aliphatic hydroxyl groups excluding tert-OH is 1. The van der Waals surface area contributed by atoms with E-state index in [1.54, 1.807) is 0 Å². The van der Waals surface area contributed by atoms with E-state index in [-0.39, 0.29) is 30.4 Å². The summed E-state index contributed by atoms with van der Waals surface area (Å²) in [6.07, 6.45) is 0.210. The second kappa shape index (κ2) is 6.15. The Morgan fingerprint density at radius 3 is 2.85 bits per heavy atom.